The largest absolute Gasteiger partial charge is 0.462 e. The number of esters is 1. The second-order valence-electron chi connectivity index (χ2n) is 3.15. The Balaban J connectivity index is 2.11. The van der Waals surface area contributed by atoms with E-state index in [-0.39, 0.29) is 5.97 Å². The van der Waals surface area contributed by atoms with E-state index in [4.69, 9.17) is 9.15 Å². The number of furan rings is 1. The van der Waals surface area contributed by atoms with E-state index in [9.17, 15) is 4.79 Å². The van der Waals surface area contributed by atoms with Crippen LogP contribution in [0.2, 0.25) is 0 Å². The summed E-state index contributed by atoms with van der Waals surface area (Å²) >= 11 is 1.36. The Hall–Kier alpha value is -1.62. The number of hydrogen-bond donors (Lipinski definition) is 0. The molecule has 0 bridgehead atoms. The molecule has 2 aromatic heterocycles. The summed E-state index contributed by atoms with van der Waals surface area (Å²) in [6.07, 6.45) is 2.38. The Kier molecular flexibility index (Phi) is 3.36. The zero-order chi connectivity index (χ0) is 11.4. The molecule has 84 valence electrons. The Bertz CT molecular complexity index is 461. The van der Waals surface area contributed by atoms with Gasteiger partial charge in [-0.15, -0.1) is 11.3 Å². The van der Waals surface area contributed by atoms with Gasteiger partial charge in [-0.3, -0.25) is 0 Å². The average Bonchev–Trinajstić information content (AvgIpc) is 2.94. The first kappa shape index (κ1) is 10.9. The van der Waals surface area contributed by atoms with Crippen LogP contribution in [0.4, 0.5) is 0 Å². The van der Waals surface area contributed by atoms with Crippen molar-refractivity contribution in [3.8, 4) is 10.8 Å². The molecule has 0 radical (unpaired) electrons. The molecule has 2 aromatic rings. The highest BCUT2D eigenvalue weighted by Gasteiger charge is 2.13. The van der Waals surface area contributed by atoms with Gasteiger partial charge in [-0.05, 0) is 18.6 Å². The maximum Gasteiger partial charge on any atom is 0.357 e. The summed E-state index contributed by atoms with van der Waals surface area (Å²) in [5.74, 6) is 0.287. The summed E-state index contributed by atoms with van der Waals surface area (Å²) in [5, 5.41) is 2.36. The van der Waals surface area contributed by atoms with Crippen LogP contribution in [0.3, 0.4) is 0 Å². The number of carbonyl (C=O) groups is 1. The second-order valence-corrected chi connectivity index (χ2v) is 4.01. The molecule has 0 aliphatic carbocycles. The first-order valence-corrected chi connectivity index (χ1v) is 5.85. The fourth-order valence-electron chi connectivity index (χ4n) is 1.15. The molecule has 0 N–H and O–H groups in total. The number of rotatable bonds is 4. The van der Waals surface area contributed by atoms with Crippen molar-refractivity contribution in [3.05, 3.63) is 29.5 Å². The van der Waals surface area contributed by atoms with Gasteiger partial charge in [0.15, 0.2) is 16.5 Å². The SMILES string of the molecule is CCCOC(=O)c1csc(-c2ccco2)n1. The number of carbonyl (C=O) groups excluding carboxylic acids is 1. The zero-order valence-corrected chi connectivity index (χ0v) is 9.62. The number of nitrogens with zero attached hydrogens (tertiary/aromatic N) is 1. The van der Waals surface area contributed by atoms with Crippen LogP contribution in [0, 0.1) is 0 Å². The molecule has 0 aromatic carbocycles. The van der Waals surface area contributed by atoms with Crippen molar-refractivity contribution in [1.82, 2.24) is 4.98 Å². The van der Waals surface area contributed by atoms with Crippen molar-refractivity contribution in [2.75, 3.05) is 6.61 Å². The first-order chi connectivity index (χ1) is 7.81. The van der Waals surface area contributed by atoms with E-state index in [2.05, 4.69) is 4.98 Å². The predicted molar refractivity (Wildman–Crippen MR) is 60.4 cm³/mol. The standard InChI is InChI=1S/C11H11NO3S/c1-2-5-15-11(13)8-7-16-10(12-8)9-4-3-6-14-9/h3-4,6-7H,2,5H2,1H3. The molecule has 0 saturated heterocycles. The second kappa shape index (κ2) is 4.94. The Morgan fingerprint density at radius 2 is 2.50 bits per heavy atom. The van der Waals surface area contributed by atoms with Gasteiger partial charge >= 0.3 is 5.97 Å². The van der Waals surface area contributed by atoms with Crippen molar-refractivity contribution >= 4 is 17.3 Å². The third-order valence-electron chi connectivity index (χ3n) is 1.88. The zero-order valence-electron chi connectivity index (χ0n) is 8.80. The molecule has 0 fully saturated rings. The minimum Gasteiger partial charge on any atom is -0.462 e. The van der Waals surface area contributed by atoms with E-state index >= 15 is 0 Å². The van der Waals surface area contributed by atoms with Gasteiger partial charge < -0.3 is 9.15 Å². The Morgan fingerprint density at radius 1 is 1.62 bits per heavy atom. The van der Waals surface area contributed by atoms with Crippen molar-refractivity contribution in [3.63, 3.8) is 0 Å². The number of aromatic nitrogens is 1. The summed E-state index contributed by atoms with van der Waals surface area (Å²) < 4.78 is 10.2. The third-order valence-corrected chi connectivity index (χ3v) is 2.74. The molecule has 0 aliphatic rings. The van der Waals surface area contributed by atoms with E-state index in [0.717, 1.165) is 6.42 Å². The van der Waals surface area contributed by atoms with E-state index in [1.165, 1.54) is 11.3 Å². The Morgan fingerprint density at radius 3 is 3.19 bits per heavy atom. The van der Waals surface area contributed by atoms with Gasteiger partial charge in [0, 0.05) is 5.38 Å². The lowest BCUT2D eigenvalue weighted by molar-refractivity contribution is 0.0499. The predicted octanol–water partition coefficient (Wildman–Crippen LogP) is 2.97. The first-order valence-electron chi connectivity index (χ1n) is 4.97. The summed E-state index contributed by atoms with van der Waals surface area (Å²) in [6.45, 7) is 2.37. The quantitative estimate of drug-likeness (QED) is 0.767. The van der Waals surface area contributed by atoms with Crippen LogP contribution < -0.4 is 0 Å². The molecule has 16 heavy (non-hydrogen) atoms. The number of ether oxygens (including phenoxy) is 1. The highest BCUT2D eigenvalue weighted by molar-refractivity contribution is 7.13. The molecular weight excluding hydrogens is 226 g/mol. The molecule has 2 rings (SSSR count). The molecule has 0 saturated carbocycles. The fourth-order valence-corrected chi connectivity index (χ4v) is 1.91. The van der Waals surface area contributed by atoms with Gasteiger partial charge in [0.05, 0.1) is 12.9 Å². The van der Waals surface area contributed by atoms with Crippen molar-refractivity contribution in [1.29, 1.82) is 0 Å². The highest BCUT2D eigenvalue weighted by Crippen LogP contribution is 2.24. The van der Waals surface area contributed by atoms with Crippen LogP contribution in [0.1, 0.15) is 23.8 Å². The Labute approximate surface area is 96.9 Å². The van der Waals surface area contributed by atoms with E-state index < -0.39 is 0 Å². The smallest absolute Gasteiger partial charge is 0.357 e. The number of thiazole rings is 1. The molecule has 0 unspecified atom stereocenters. The molecule has 4 nitrogen and oxygen atoms in total. The van der Waals surface area contributed by atoms with Crippen LogP contribution in [-0.2, 0) is 4.74 Å². The van der Waals surface area contributed by atoms with Crippen LogP contribution in [0.25, 0.3) is 10.8 Å². The van der Waals surface area contributed by atoms with Gasteiger partial charge in [0.1, 0.15) is 0 Å². The minimum absolute atomic E-state index is 0.338. The minimum atomic E-state index is -0.379. The van der Waals surface area contributed by atoms with E-state index in [1.54, 1.807) is 23.8 Å². The maximum absolute atomic E-state index is 11.5. The fraction of sp³-hybridized carbons (Fsp3) is 0.273. The van der Waals surface area contributed by atoms with Crippen LogP contribution in [0.15, 0.2) is 28.2 Å². The molecule has 0 aliphatic heterocycles. The molecule has 2 heterocycles. The van der Waals surface area contributed by atoms with Gasteiger partial charge in [0.25, 0.3) is 0 Å². The van der Waals surface area contributed by atoms with Gasteiger partial charge in [-0.1, -0.05) is 6.92 Å². The summed E-state index contributed by atoms with van der Waals surface area (Å²) in [6, 6.07) is 3.59. The molecule has 0 atom stereocenters. The summed E-state index contributed by atoms with van der Waals surface area (Å²) in [7, 11) is 0. The van der Waals surface area contributed by atoms with Gasteiger partial charge in [-0.2, -0.15) is 0 Å². The van der Waals surface area contributed by atoms with Crippen molar-refractivity contribution in [2.45, 2.75) is 13.3 Å². The third kappa shape index (κ3) is 2.30. The highest BCUT2D eigenvalue weighted by atomic mass is 32.1. The maximum atomic E-state index is 11.5. The molecular formula is C11H11NO3S. The monoisotopic (exact) mass is 237 g/mol. The number of hydrogen-bond acceptors (Lipinski definition) is 5. The van der Waals surface area contributed by atoms with Crippen molar-refractivity contribution < 1.29 is 13.9 Å². The molecule has 0 amide bonds. The lowest BCUT2D eigenvalue weighted by atomic mass is 10.4. The average molecular weight is 237 g/mol. The lowest BCUT2D eigenvalue weighted by Crippen LogP contribution is -2.05. The summed E-state index contributed by atoms with van der Waals surface area (Å²) in [5.41, 5.74) is 0.338. The van der Waals surface area contributed by atoms with Crippen molar-refractivity contribution in [2.24, 2.45) is 0 Å². The normalized spacial score (nSPS) is 10.3. The van der Waals surface area contributed by atoms with Crippen LogP contribution in [-0.4, -0.2) is 17.6 Å². The topological polar surface area (TPSA) is 52.3 Å². The van der Waals surface area contributed by atoms with Crippen LogP contribution >= 0.6 is 11.3 Å². The lowest BCUT2D eigenvalue weighted by Gasteiger charge is -1.98. The van der Waals surface area contributed by atoms with E-state index in [0.29, 0.717) is 23.1 Å². The van der Waals surface area contributed by atoms with Crippen LogP contribution in [0.5, 0.6) is 0 Å². The molecule has 0 spiro atoms. The molecule has 5 heteroatoms. The van der Waals surface area contributed by atoms with Gasteiger partial charge in [0.2, 0.25) is 0 Å². The van der Waals surface area contributed by atoms with Gasteiger partial charge in [-0.25, -0.2) is 9.78 Å². The van der Waals surface area contributed by atoms with E-state index in [1.807, 2.05) is 6.92 Å². The summed E-state index contributed by atoms with van der Waals surface area (Å²) in [4.78, 5) is 15.6.